The number of halogens is 1. The van der Waals surface area contributed by atoms with Crippen molar-refractivity contribution < 1.29 is 28.2 Å². The lowest BCUT2D eigenvalue weighted by molar-refractivity contribution is 0.0691. The zero-order valence-corrected chi connectivity index (χ0v) is 15.9. The highest BCUT2D eigenvalue weighted by Gasteiger charge is 2.30. The highest BCUT2D eigenvalue weighted by molar-refractivity contribution is 5.99. The van der Waals surface area contributed by atoms with Gasteiger partial charge < -0.3 is 14.3 Å². The quantitative estimate of drug-likeness (QED) is 0.414. The molecule has 0 aliphatic heterocycles. The van der Waals surface area contributed by atoms with Gasteiger partial charge in [0.1, 0.15) is 23.5 Å². The molecule has 3 aromatic rings. The number of nitrogens with zero attached hydrogens (tertiary/aromatic N) is 1. The van der Waals surface area contributed by atoms with E-state index in [4.69, 9.17) is 14.3 Å². The fraction of sp³-hybridized carbons (Fsp3) is 0.174. The number of rotatable bonds is 8. The second-order valence-electron chi connectivity index (χ2n) is 7.01. The fourth-order valence-electron chi connectivity index (χ4n) is 3.03. The lowest BCUT2D eigenvalue weighted by atomic mass is 10.1. The van der Waals surface area contributed by atoms with Gasteiger partial charge in [-0.25, -0.2) is 14.2 Å². The van der Waals surface area contributed by atoms with Gasteiger partial charge in [-0.05, 0) is 61.4 Å². The molecule has 7 heteroatoms. The summed E-state index contributed by atoms with van der Waals surface area (Å²) in [5.41, 5.74) is 0.951. The van der Waals surface area contributed by atoms with Crippen LogP contribution in [-0.2, 0) is 0 Å². The number of carbonyl (C=O) groups excluding carboxylic acids is 1. The molecule has 1 heterocycles. The summed E-state index contributed by atoms with van der Waals surface area (Å²) in [6.07, 6.45) is 4.19. The van der Waals surface area contributed by atoms with Crippen LogP contribution in [-0.4, -0.2) is 21.8 Å². The molecule has 0 radical (unpaired) electrons. The normalized spacial score (nSPS) is 14.2. The van der Waals surface area contributed by atoms with Crippen LogP contribution in [0.1, 0.15) is 45.4 Å². The second kappa shape index (κ2) is 7.94. The Morgan fingerprint density at radius 1 is 1.23 bits per heavy atom. The number of carbonyl (C=O) groups is 2. The average Bonchev–Trinajstić information content (AvgIpc) is 3.48. The molecule has 0 saturated heterocycles. The predicted octanol–water partition coefficient (Wildman–Crippen LogP) is 5.08. The number of hydrogen-bond donors (Lipinski definition) is 1. The van der Waals surface area contributed by atoms with Crippen LogP contribution in [0.25, 0.3) is 11.5 Å². The molecular formula is C23H18FNO5. The minimum atomic E-state index is -1.35. The summed E-state index contributed by atoms with van der Waals surface area (Å²) in [7, 11) is 0. The zero-order valence-electron chi connectivity index (χ0n) is 15.9. The van der Waals surface area contributed by atoms with Crippen LogP contribution in [0.3, 0.4) is 0 Å². The summed E-state index contributed by atoms with van der Waals surface area (Å²) in [6, 6.07) is 10.5. The van der Waals surface area contributed by atoms with Gasteiger partial charge in [0.2, 0.25) is 5.89 Å². The van der Waals surface area contributed by atoms with E-state index >= 15 is 0 Å². The van der Waals surface area contributed by atoms with Crippen LogP contribution in [0, 0.1) is 11.7 Å². The highest BCUT2D eigenvalue weighted by Crippen LogP contribution is 2.33. The smallest absolute Gasteiger partial charge is 0.338 e. The first-order valence-corrected chi connectivity index (χ1v) is 9.38. The molecule has 1 saturated carbocycles. The van der Waals surface area contributed by atoms with Gasteiger partial charge >= 0.3 is 5.97 Å². The molecular weight excluding hydrogens is 389 g/mol. The van der Waals surface area contributed by atoms with E-state index in [9.17, 15) is 14.0 Å². The number of carboxylic acids is 1. The molecule has 2 aromatic carbocycles. The minimum absolute atomic E-state index is 0.127. The lowest BCUT2D eigenvalue weighted by Crippen LogP contribution is -2.06. The van der Waals surface area contributed by atoms with Gasteiger partial charge in [-0.3, -0.25) is 4.79 Å². The summed E-state index contributed by atoms with van der Waals surface area (Å²) in [4.78, 5) is 27.4. The lowest BCUT2D eigenvalue weighted by Gasteiger charge is -2.13. The van der Waals surface area contributed by atoms with Crippen LogP contribution in [0.2, 0.25) is 0 Å². The van der Waals surface area contributed by atoms with Gasteiger partial charge in [-0.2, -0.15) is 0 Å². The first-order chi connectivity index (χ1) is 14.5. The molecule has 4 rings (SSSR count). The van der Waals surface area contributed by atoms with Gasteiger partial charge in [0.25, 0.3) is 0 Å². The summed E-state index contributed by atoms with van der Waals surface area (Å²) < 4.78 is 25.2. The Morgan fingerprint density at radius 2 is 1.97 bits per heavy atom. The molecule has 0 amide bonds. The van der Waals surface area contributed by atoms with Crippen molar-refractivity contribution >= 4 is 11.8 Å². The molecule has 1 fully saturated rings. The second-order valence-corrected chi connectivity index (χ2v) is 7.01. The third-order valence-electron chi connectivity index (χ3n) is 4.82. The van der Waals surface area contributed by atoms with E-state index in [2.05, 4.69) is 11.6 Å². The van der Waals surface area contributed by atoms with E-state index in [-0.39, 0.29) is 17.6 Å². The van der Waals surface area contributed by atoms with E-state index in [0.717, 1.165) is 25.0 Å². The monoisotopic (exact) mass is 407 g/mol. The molecule has 1 unspecified atom stereocenters. The topological polar surface area (TPSA) is 89.6 Å². The summed E-state index contributed by atoms with van der Waals surface area (Å²) >= 11 is 0. The Morgan fingerprint density at radius 3 is 2.57 bits per heavy atom. The molecule has 0 spiro atoms. The molecule has 152 valence electrons. The van der Waals surface area contributed by atoms with Crippen LogP contribution in [0.5, 0.6) is 5.75 Å². The maximum Gasteiger partial charge on any atom is 0.338 e. The molecule has 1 atom stereocenters. The van der Waals surface area contributed by atoms with Gasteiger partial charge in [-0.1, -0.05) is 6.58 Å². The minimum Gasteiger partial charge on any atom is -0.480 e. The van der Waals surface area contributed by atoms with E-state index < -0.39 is 23.5 Å². The fourth-order valence-corrected chi connectivity index (χ4v) is 3.03. The summed E-state index contributed by atoms with van der Waals surface area (Å²) in [5, 5.41) is 8.93. The Kier molecular flexibility index (Phi) is 5.18. The number of hydrogen-bond acceptors (Lipinski definition) is 5. The molecule has 30 heavy (non-hydrogen) atoms. The van der Waals surface area contributed by atoms with Gasteiger partial charge in [0.05, 0.1) is 5.56 Å². The molecule has 1 aliphatic rings. The first-order valence-electron chi connectivity index (χ1n) is 9.38. The molecule has 1 aliphatic carbocycles. The summed E-state index contributed by atoms with van der Waals surface area (Å²) in [6.45, 7) is 3.75. The van der Waals surface area contributed by atoms with Gasteiger partial charge in [0.15, 0.2) is 11.9 Å². The van der Waals surface area contributed by atoms with Crippen LogP contribution in [0.4, 0.5) is 4.39 Å². The maximum atomic E-state index is 13.9. The standard InChI is InChI=1S/C23H18FNO5/c1-2-20(30-16-8-5-14(6-9-16)21(26)13-3-4-13)19-12-29-22(25-19)15-7-10-17(23(27)28)18(24)11-15/h2,5-13,20H,1,3-4H2,(H,27,28). The SMILES string of the molecule is C=CC(Oc1ccc(C(=O)C2CC2)cc1)c1coc(-c2ccc(C(=O)O)c(F)c2)n1. The Bertz CT molecular complexity index is 1110. The van der Waals surface area contributed by atoms with Crippen LogP contribution in [0.15, 0.2) is 65.8 Å². The number of ether oxygens (including phenoxy) is 1. The number of carboxylic acid groups (broad SMARTS) is 1. The molecule has 1 aromatic heterocycles. The third kappa shape index (κ3) is 4.00. The zero-order chi connectivity index (χ0) is 21.3. The van der Waals surface area contributed by atoms with Crippen LogP contribution < -0.4 is 4.74 Å². The Labute approximate surface area is 171 Å². The van der Waals surface area contributed by atoms with Crippen molar-refractivity contribution in [3.8, 4) is 17.2 Å². The first kappa shape index (κ1) is 19.6. The Hall–Kier alpha value is -3.74. The van der Waals surface area contributed by atoms with Crippen molar-refractivity contribution in [3.63, 3.8) is 0 Å². The predicted molar refractivity (Wildman–Crippen MR) is 106 cm³/mol. The maximum absolute atomic E-state index is 13.9. The number of Topliss-reactive ketones (excluding diaryl/α,β-unsaturated/α-hetero) is 1. The van der Waals surface area contributed by atoms with Crippen molar-refractivity contribution in [1.29, 1.82) is 0 Å². The van der Waals surface area contributed by atoms with Gasteiger partial charge in [-0.15, -0.1) is 0 Å². The largest absolute Gasteiger partial charge is 0.480 e. The van der Waals surface area contributed by atoms with E-state index in [1.165, 1.54) is 12.3 Å². The third-order valence-corrected chi connectivity index (χ3v) is 4.82. The Balaban J connectivity index is 1.50. The van der Waals surface area contributed by atoms with E-state index in [1.807, 2.05) is 0 Å². The average molecular weight is 407 g/mol. The highest BCUT2D eigenvalue weighted by atomic mass is 19.1. The number of aromatic carboxylic acids is 1. The van der Waals surface area contributed by atoms with Gasteiger partial charge in [0, 0.05) is 17.0 Å². The summed E-state index contributed by atoms with van der Waals surface area (Å²) in [5.74, 6) is -1.26. The number of oxazole rings is 1. The molecule has 1 N–H and O–H groups in total. The van der Waals surface area contributed by atoms with Crippen LogP contribution >= 0.6 is 0 Å². The van der Waals surface area contributed by atoms with Crippen molar-refractivity contribution in [2.75, 3.05) is 0 Å². The van der Waals surface area contributed by atoms with E-state index in [1.54, 1.807) is 30.3 Å². The number of aromatic nitrogens is 1. The van der Waals surface area contributed by atoms with E-state index in [0.29, 0.717) is 22.6 Å². The van der Waals surface area contributed by atoms with Crippen molar-refractivity contribution in [2.24, 2.45) is 5.92 Å². The van der Waals surface area contributed by atoms with Crippen molar-refractivity contribution in [3.05, 3.63) is 84.0 Å². The van der Waals surface area contributed by atoms with Crippen molar-refractivity contribution in [1.82, 2.24) is 4.98 Å². The number of ketones is 1. The molecule has 6 nitrogen and oxygen atoms in total. The number of benzene rings is 2. The molecule has 0 bridgehead atoms. The van der Waals surface area contributed by atoms with Crippen molar-refractivity contribution in [2.45, 2.75) is 18.9 Å².